The van der Waals surface area contributed by atoms with E-state index in [-0.39, 0.29) is 5.56 Å². The molecule has 0 aliphatic carbocycles. The number of methoxy groups -OCH3 is 1. The van der Waals surface area contributed by atoms with Crippen molar-refractivity contribution in [2.75, 3.05) is 13.7 Å². The van der Waals surface area contributed by atoms with E-state index in [1.165, 1.54) is 4.68 Å². The first kappa shape index (κ1) is 21.8. The van der Waals surface area contributed by atoms with Gasteiger partial charge in [0.25, 0.3) is 5.56 Å². The number of aryl methyl sites for hydroxylation is 1. The summed E-state index contributed by atoms with van der Waals surface area (Å²) < 4.78 is 13.4. The maximum Gasteiger partial charge on any atom is 0.282 e. The molecule has 7 heteroatoms. The number of hydrogen-bond donors (Lipinski definition) is 0. The first-order chi connectivity index (χ1) is 14.6. The van der Waals surface area contributed by atoms with Crippen LogP contribution in [0.5, 0.6) is 11.5 Å². The highest BCUT2D eigenvalue weighted by Crippen LogP contribution is 2.30. The summed E-state index contributed by atoms with van der Waals surface area (Å²) in [4.78, 5) is 17.9. The van der Waals surface area contributed by atoms with E-state index in [9.17, 15) is 4.79 Å². The molecule has 0 unspecified atom stereocenters. The van der Waals surface area contributed by atoms with E-state index in [0.717, 1.165) is 17.3 Å². The first-order valence-electron chi connectivity index (χ1n) is 9.75. The largest absolute Gasteiger partial charge is 0.493 e. The summed E-state index contributed by atoms with van der Waals surface area (Å²) in [6.45, 7) is 6.11. The van der Waals surface area contributed by atoms with Gasteiger partial charge in [0.05, 0.1) is 24.2 Å². The van der Waals surface area contributed by atoms with Gasteiger partial charge in [-0.25, -0.2) is 4.98 Å². The molecule has 0 atom stereocenters. The molecule has 6 nitrogen and oxygen atoms in total. The maximum atomic E-state index is 13.2. The van der Waals surface area contributed by atoms with Crippen LogP contribution in [0.2, 0.25) is 0 Å². The van der Waals surface area contributed by atoms with E-state index in [1.54, 1.807) is 25.5 Å². The fraction of sp³-hybridized carbons (Fsp3) is 0.261. The molecule has 3 aromatic rings. The van der Waals surface area contributed by atoms with Crippen LogP contribution in [0.3, 0.4) is 0 Å². The lowest BCUT2D eigenvalue weighted by molar-refractivity contribution is 0.326. The number of benzene rings is 2. The zero-order valence-corrected chi connectivity index (χ0v) is 18.7. The molecular formula is C23H24BrN3O3. The molecule has 0 aliphatic rings. The van der Waals surface area contributed by atoms with Crippen molar-refractivity contribution >= 4 is 33.0 Å². The average molecular weight is 470 g/mol. The second-order valence-electron chi connectivity index (χ2n) is 6.63. The van der Waals surface area contributed by atoms with Gasteiger partial charge in [0.15, 0.2) is 11.5 Å². The van der Waals surface area contributed by atoms with Gasteiger partial charge in [0, 0.05) is 16.5 Å². The molecule has 0 aliphatic heterocycles. The lowest BCUT2D eigenvalue weighted by Crippen LogP contribution is -2.22. The molecule has 0 fully saturated rings. The highest BCUT2D eigenvalue weighted by atomic mass is 79.9. The summed E-state index contributed by atoms with van der Waals surface area (Å²) in [7, 11) is 1.58. The number of aromatic nitrogens is 2. The smallest absolute Gasteiger partial charge is 0.282 e. The second-order valence-corrected chi connectivity index (χ2v) is 7.55. The van der Waals surface area contributed by atoms with E-state index in [4.69, 9.17) is 14.5 Å². The Labute approximate surface area is 184 Å². The number of hydrogen-bond acceptors (Lipinski definition) is 5. The molecular weight excluding hydrogens is 446 g/mol. The maximum absolute atomic E-state index is 13.2. The van der Waals surface area contributed by atoms with Crippen LogP contribution in [-0.4, -0.2) is 29.6 Å². The molecule has 2 aromatic carbocycles. The minimum Gasteiger partial charge on any atom is -0.493 e. The van der Waals surface area contributed by atoms with E-state index in [0.29, 0.717) is 46.8 Å². The van der Waals surface area contributed by atoms with E-state index >= 15 is 0 Å². The van der Waals surface area contributed by atoms with Crippen molar-refractivity contribution in [2.24, 2.45) is 5.10 Å². The summed E-state index contributed by atoms with van der Waals surface area (Å²) in [5.41, 5.74) is 1.15. The fourth-order valence-corrected chi connectivity index (χ4v) is 3.38. The third-order valence-corrected chi connectivity index (χ3v) is 5.01. The first-order valence-corrected chi connectivity index (χ1v) is 10.5. The van der Waals surface area contributed by atoms with Crippen molar-refractivity contribution in [3.63, 3.8) is 0 Å². The van der Waals surface area contributed by atoms with Gasteiger partial charge >= 0.3 is 0 Å². The molecule has 156 valence electrons. The van der Waals surface area contributed by atoms with Crippen LogP contribution in [0.25, 0.3) is 10.9 Å². The van der Waals surface area contributed by atoms with Crippen molar-refractivity contribution in [3.05, 3.63) is 75.3 Å². The molecule has 0 amide bonds. The Kier molecular flexibility index (Phi) is 7.41. The lowest BCUT2D eigenvalue weighted by Gasteiger charge is -2.12. The molecule has 0 bridgehead atoms. The third kappa shape index (κ3) is 4.79. The Morgan fingerprint density at radius 2 is 2.13 bits per heavy atom. The standard InChI is InChI=1S/C23H24BrN3O3/c1-4-6-10-21-26-19-12-11-17(24)14-18(19)23(28)27(21)25-15-16-8-7-9-20(29-3)22(16)30-13-5-2/h5,7-9,11-12,14-15H,2,4,6,10,13H2,1,3H3. The van der Waals surface area contributed by atoms with E-state index < -0.39 is 0 Å². The lowest BCUT2D eigenvalue weighted by atomic mass is 10.2. The molecule has 0 saturated heterocycles. The number of para-hydroxylation sites is 1. The van der Waals surface area contributed by atoms with Crippen LogP contribution in [0.1, 0.15) is 31.2 Å². The Bertz CT molecular complexity index is 1140. The van der Waals surface area contributed by atoms with Gasteiger partial charge in [-0.15, -0.1) is 0 Å². The summed E-state index contributed by atoms with van der Waals surface area (Å²) in [5.74, 6) is 1.76. The summed E-state index contributed by atoms with van der Waals surface area (Å²) in [6.07, 6.45) is 5.83. The van der Waals surface area contributed by atoms with Crippen LogP contribution >= 0.6 is 15.9 Å². The van der Waals surface area contributed by atoms with E-state index in [2.05, 4.69) is 34.5 Å². The predicted octanol–water partition coefficient (Wildman–Crippen LogP) is 4.96. The van der Waals surface area contributed by atoms with Crippen molar-refractivity contribution in [3.8, 4) is 11.5 Å². The number of halogens is 1. The molecule has 0 spiro atoms. The number of fused-ring (bicyclic) bond motifs is 1. The van der Waals surface area contributed by atoms with Gasteiger partial charge in [0.1, 0.15) is 12.4 Å². The highest BCUT2D eigenvalue weighted by Gasteiger charge is 2.12. The van der Waals surface area contributed by atoms with Gasteiger partial charge in [-0.2, -0.15) is 9.78 Å². The molecule has 1 aromatic heterocycles. The molecule has 0 radical (unpaired) electrons. The van der Waals surface area contributed by atoms with Gasteiger partial charge in [-0.05, 0) is 36.8 Å². The van der Waals surface area contributed by atoms with Crippen molar-refractivity contribution in [1.82, 2.24) is 9.66 Å². The number of ether oxygens (including phenoxy) is 2. The normalized spacial score (nSPS) is 11.2. The molecule has 30 heavy (non-hydrogen) atoms. The van der Waals surface area contributed by atoms with Crippen LogP contribution in [0, 0.1) is 0 Å². The molecule has 1 heterocycles. The van der Waals surface area contributed by atoms with Crippen LogP contribution in [-0.2, 0) is 6.42 Å². The molecule has 3 rings (SSSR count). The molecule has 0 saturated carbocycles. The predicted molar refractivity (Wildman–Crippen MR) is 124 cm³/mol. The quantitative estimate of drug-likeness (QED) is 0.328. The Hall–Kier alpha value is -2.93. The van der Waals surface area contributed by atoms with Crippen LogP contribution in [0.4, 0.5) is 0 Å². The van der Waals surface area contributed by atoms with Crippen LogP contribution in [0.15, 0.2) is 63.4 Å². The SMILES string of the molecule is C=CCOc1c(C=Nn2c(CCCC)nc3ccc(Br)cc3c2=O)cccc1OC. The van der Waals surface area contributed by atoms with Gasteiger partial charge < -0.3 is 9.47 Å². The van der Waals surface area contributed by atoms with Crippen molar-refractivity contribution in [1.29, 1.82) is 0 Å². The minimum atomic E-state index is -0.208. The topological polar surface area (TPSA) is 65.7 Å². The summed E-state index contributed by atoms with van der Waals surface area (Å²) in [6, 6.07) is 11.0. The number of rotatable bonds is 9. The van der Waals surface area contributed by atoms with Crippen LogP contribution < -0.4 is 15.0 Å². The van der Waals surface area contributed by atoms with Crippen molar-refractivity contribution < 1.29 is 9.47 Å². The van der Waals surface area contributed by atoms with Crippen molar-refractivity contribution in [2.45, 2.75) is 26.2 Å². The number of nitrogens with zero attached hydrogens (tertiary/aromatic N) is 3. The Balaban J connectivity index is 2.12. The molecule has 0 N–H and O–H groups in total. The zero-order chi connectivity index (χ0) is 21.5. The second kappa shape index (κ2) is 10.2. The summed E-state index contributed by atoms with van der Waals surface area (Å²) in [5, 5.41) is 5.00. The van der Waals surface area contributed by atoms with Gasteiger partial charge in [-0.3, -0.25) is 4.79 Å². The average Bonchev–Trinajstić information content (AvgIpc) is 2.76. The Morgan fingerprint density at radius 1 is 1.30 bits per heavy atom. The Morgan fingerprint density at radius 3 is 2.87 bits per heavy atom. The van der Waals surface area contributed by atoms with Gasteiger partial charge in [0.2, 0.25) is 0 Å². The van der Waals surface area contributed by atoms with Gasteiger partial charge in [-0.1, -0.05) is 48.0 Å². The van der Waals surface area contributed by atoms with E-state index in [1.807, 2.05) is 30.3 Å². The number of unbranched alkanes of at least 4 members (excludes halogenated alkanes) is 1. The monoisotopic (exact) mass is 469 g/mol. The third-order valence-electron chi connectivity index (χ3n) is 4.52. The summed E-state index contributed by atoms with van der Waals surface area (Å²) >= 11 is 3.42. The fourth-order valence-electron chi connectivity index (χ4n) is 3.02. The highest BCUT2D eigenvalue weighted by molar-refractivity contribution is 9.10. The zero-order valence-electron chi connectivity index (χ0n) is 17.1. The minimum absolute atomic E-state index is 0.208.